The van der Waals surface area contributed by atoms with Crippen molar-refractivity contribution in [1.82, 2.24) is 5.32 Å². The molecule has 1 unspecified atom stereocenters. The van der Waals surface area contributed by atoms with Crippen molar-refractivity contribution in [3.05, 3.63) is 0 Å². The number of hydrogen-bond donors (Lipinski definition) is 2. The molecule has 1 rings (SSSR count). The van der Waals surface area contributed by atoms with Gasteiger partial charge in [0.1, 0.15) is 0 Å². The van der Waals surface area contributed by atoms with Gasteiger partial charge in [0.2, 0.25) is 5.91 Å². The molecule has 1 amide bonds. The lowest BCUT2D eigenvalue weighted by Gasteiger charge is -2.29. The van der Waals surface area contributed by atoms with Crippen LogP contribution in [0.1, 0.15) is 53.4 Å². The molecule has 16 heavy (non-hydrogen) atoms. The molecule has 1 fully saturated rings. The smallest absolute Gasteiger partial charge is 0.237 e. The average molecular weight is 226 g/mol. The Hall–Kier alpha value is -0.570. The second-order valence-electron chi connectivity index (χ2n) is 6.19. The predicted molar refractivity (Wildman–Crippen MR) is 67.0 cm³/mol. The standard InChI is InChI=1S/C13H26N2O/c1-9(10-7-5-6-8-10)15-12(16)11(14)13(2,3)4/h9-11H,5-8,14H2,1-4H3,(H,15,16)/t9?,11-/m1/s1. The number of nitrogens with one attached hydrogen (secondary N) is 1. The molecule has 1 aliphatic carbocycles. The van der Waals surface area contributed by atoms with Crippen LogP contribution >= 0.6 is 0 Å². The SMILES string of the molecule is CC(NC(=O)[C@@H](N)C(C)(C)C)C1CCCC1. The van der Waals surface area contributed by atoms with Crippen molar-refractivity contribution in [2.45, 2.75) is 65.5 Å². The van der Waals surface area contributed by atoms with Crippen molar-refractivity contribution in [3.8, 4) is 0 Å². The summed E-state index contributed by atoms with van der Waals surface area (Å²) >= 11 is 0. The zero-order valence-corrected chi connectivity index (χ0v) is 11.0. The van der Waals surface area contributed by atoms with E-state index in [2.05, 4.69) is 12.2 Å². The molecular weight excluding hydrogens is 200 g/mol. The zero-order chi connectivity index (χ0) is 12.3. The Kier molecular flexibility index (Phi) is 4.36. The summed E-state index contributed by atoms with van der Waals surface area (Å²) in [7, 11) is 0. The lowest BCUT2D eigenvalue weighted by Crippen LogP contribution is -2.52. The number of amides is 1. The molecule has 2 atom stereocenters. The Morgan fingerprint density at radius 3 is 2.25 bits per heavy atom. The second kappa shape index (κ2) is 5.17. The summed E-state index contributed by atoms with van der Waals surface area (Å²) in [6.07, 6.45) is 5.09. The van der Waals surface area contributed by atoms with E-state index in [4.69, 9.17) is 5.73 Å². The highest BCUT2D eigenvalue weighted by atomic mass is 16.2. The quantitative estimate of drug-likeness (QED) is 0.774. The van der Waals surface area contributed by atoms with Gasteiger partial charge in [0, 0.05) is 6.04 Å². The first-order valence-corrected chi connectivity index (χ1v) is 6.38. The van der Waals surface area contributed by atoms with Gasteiger partial charge in [0.25, 0.3) is 0 Å². The molecule has 0 bridgehead atoms. The third-order valence-corrected chi connectivity index (χ3v) is 3.69. The lowest BCUT2D eigenvalue weighted by atomic mass is 9.86. The van der Waals surface area contributed by atoms with E-state index in [1.165, 1.54) is 25.7 Å². The minimum absolute atomic E-state index is 0.00750. The maximum Gasteiger partial charge on any atom is 0.237 e. The van der Waals surface area contributed by atoms with Crippen LogP contribution in [0.3, 0.4) is 0 Å². The van der Waals surface area contributed by atoms with Crippen LogP contribution in [-0.4, -0.2) is 18.0 Å². The number of carbonyl (C=O) groups is 1. The molecule has 0 aromatic carbocycles. The summed E-state index contributed by atoms with van der Waals surface area (Å²) in [6.45, 7) is 8.09. The summed E-state index contributed by atoms with van der Waals surface area (Å²) in [6, 6.07) is -0.153. The predicted octanol–water partition coefficient (Wildman–Crippen LogP) is 2.05. The summed E-state index contributed by atoms with van der Waals surface area (Å²) in [5.74, 6) is 0.642. The maximum absolute atomic E-state index is 11.9. The first kappa shape index (κ1) is 13.5. The third-order valence-electron chi connectivity index (χ3n) is 3.69. The van der Waals surface area contributed by atoms with Gasteiger partial charge in [-0.3, -0.25) is 4.79 Å². The summed E-state index contributed by atoms with van der Waals surface area (Å²) in [4.78, 5) is 11.9. The van der Waals surface area contributed by atoms with Gasteiger partial charge in [-0.15, -0.1) is 0 Å². The molecule has 3 heteroatoms. The fourth-order valence-electron chi connectivity index (χ4n) is 2.28. The molecular formula is C13H26N2O. The molecule has 94 valence electrons. The second-order valence-corrected chi connectivity index (χ2v) is 6.19. The highest BCUT2D eigenvalue weighted by Crippen LogP contribution is 2.27. The van der Waals surface area contributed by atoms with Crippen molar-refractivity contribution < 1.29 is 4.79 Å². The van der Waals surface area contributed by atoms with Gasteiger partial charge >= 0.3 is 0 Å². The number of rotatable bonds is 3. The van der Waals surface area contributed by atoms with Gasteiger partial charge in [0.15, 0.2) is 0 Å². The Labute approximate surface area is 99.2 Å². The van der Waals surface area contributed by atoms with E-state index in [0.29, 0.717) is 5.92 Å². The van der Waals surface area contributed by atoms with Gasteiger partial charge < -0.3 is 11.1 Å². The largest absolute Gasteiger partial charge is 0.352 e. The van der Waals surface area contributed by atoms with Crippen molar-refractivity contribution in [2.24, 2.45) is 17.1 Å². The molecule has 3 N–H and O–H groups in total. The van der Waals surface area contributed by atoms with Crippen molar-refractivity contribution >= 4 is 5.91 Å². The number of nitrogens with two attached hydrogens (primary N) is 1. The molecule has 3 nitrogen and oxygen atoms in total. The van der Waals surface area contributed by atoms with Crippen molar-refractivity contribution in [2.75, 3.05) is 0 Å². The van der Waals surface area contributed by atoms with Crippen molar-refractivity contribution in [1.29, 1.82) is 0 Å². The molecule has 0 aliphatic heterocycles. The Balaban J connectivity index is 2.44. The summed E-state index contributed by atoms with van der Waals surface area (Å²) in [5.41, 5.74) is 5.76. The van der Waals surface area contributed by atoms with E-state index in [1.807, 2.05) is 20.8 Å². The first-order chi connectivity index (χ1) is 7.32. The lowest BCUT2D eigenvalue weighted by molar-refractivity contribution is -0.125. The van der Waals surface area contributed by atoms with Crippen LogP contribution in [0.2, 0.25) is 0 Å². The minimum atomic E-state index is -0.420. The van der Waals surface area contributed by atoms with Crippen LogP contribution in [-0.2, 0) is 4.79 Å². The van der Waals surface area contributed by atoms with E-state index in [0.717, 1.165) is 0 Å². The Bertz CT molecular complexity index is 239. The fraction of sp³-hybridized carbons (Fsp3) is 0.923. The molecule has 0 radical (unpaired) electrons. The maximum atomic E-state index is 11.9. The summed E-state index contributed by atoms with van der Waals surface area (Å²) in [5, 5.41) is 3.06. The molecule has 0 saturated heterocycles. The van der Waals surface area contributed by atoms with Gasteiger partial charge in [-0.1, -0.05) is 33.6 Å². The topological polar surface area (TPSA) is 55.1 Å². The van der Waals surface area contributed by atoms with Gasteiger partial charge in [-0.05, 0) is 31.1 Å². The Morgan fingerprint density at radius 2 is 1.81 bits per heavy atom. The highest BCUT2D eigenvalue weighted by Gasteiger charge is 2.30. The van der Waals surface area contributed by atoms with E-state index in [1.54, 1.807) is 0 Å². The Morgan fingerprint density at radius 1 is 1.31 bits per heavy atom. The monoisotopic (exact) mass is 226 g/mol. The molecule has 0 spiro atoms. The fourth-order valence-corrected chi connectivity index (χ4v) is 2.28. The van der Waals surface area contributed by atoms with Gasteiger partial charge in [-0.25, -0.2) is 0 Å². The van der Waals surface area contributed by atoms with Crippen molar-refractivity contribution in [3.63, 3.8) is 0 Å². The molecule has 1 aliphatic rings. The van der Waals surface area contributed by atoms with E-state index >= 15 is 0 Å². The molecule has 1 saturated carbocycles. The first-order valence-electron chi connectivity index (χ1n) is 6.38. The zero-order valence-electron chi connectivity index (χ0n) is 11.0. The van der Waals surface area contributed by atoms with Gasteiger partial charge in [-0.2, -0.15) is 0 Å². The van der Waals surface area contributed by atoms with E-state index in [9.17, 15) is 4.79 Å². The van der Waals surface area contributed by atoms with Crippen LogP contribution in [0.4, 0.5) is 0 Å². The number of hydrogen-bond acceptors (Lipinski definition) is 2. The highest BCUT2D eigenvalue weighted by molar-refractivity contribution is 5.82. The molecule has 0 heterocycles. The average Bonchev–Trinajstić information content (AvgIpc) is 2.67. The molecule has 0 aromatic heterocycles. The van der Waals surface area contributed by atoms with Crippen LogP contribution in [0.5, 0.6) is 0 Å². The normalized spacial score (nSPS) is 21.8. The van der Waals surface area contributed by atoms with E-state index in [-0.39, 0.29) is 17.4 Å². The van der Waals surface area contributed by atoms with Gasteiger partial charge in [0.05, 0.1) is 6.04 Å². The summed E-state index contributed by atoms with van der Waals surface area (Å²) < 4.78 is 0. The van der Waals surface area contributed by atoms with Crippen LogP contribution in [0.25, 0.3) is 0 Å². The molecule has 0 aromatic rings. The van der Waals surface area contributed by atoms with Crippen LogP contribution in [0.15, 0.2) is 0 Å². The van der Waals surface area contributed by atoms with Crippen LogP contribution < -0.4 is 11.1 Å². The van der Waals surface area contributed by atoms with Crippen LogP contribution in [0, 0.1) is 11.3 Å². The minimum Gasteiger partial charge on any atom is -0.352 e. The van der Waals surface area contributed by atoms with E-state index < -0.39 is 6.04 Å². The number of carbonyl (C=O) groups excluding carboxylic acids is 1. The third kappa shape index (κ3) is 3.48.